The predicted molar refractivity (Wildman–Crippen MR) is 87.4 cm³/mol. The van der Waals surface area contributed by atoms with Gasteiger partial charge in [0.1, 0.15) is 5.60 Å². The van der Waals surface area contributed by atoms with Crippen LogP contribution in [0.2, 0.25) is 0 Å². The molecule has 3 heterocycles. The van der Waals surface area contributed by atoms with Gasteiger partial charge in [-0.05, 0) is 19.4 Å². The molecule has 0 saturated carbocycles. The van der Waals surface area contributed by atoms with Crippen LogP contribution in [0.25, 0.3) is 0 Å². The Morgan fingerprint density at radius 2 is 2.26 bits per heavy atom. The molecule has 1 aliphatic heterocycles. The molecule has 0 spiro atoms. The van der Waals surface area contributed by atoms with E-state index in [1.54, 1.807) is 18.5 Å². The summed E-state index contributed by atoms with van der Waals surface area (Å²) in [5.41, 5.74) is -0.185. The lowest BCUT2D eigenvalue weighted by atomic mass is 10.0. The lowest BCUT2D eigenvalue weighted by molar-refractivity contribution is -0.121. The fraction of sp³-hybridized carbons (Fsp3) is 0.467. The first-order chi connectivity index (χ1) is 11.0. The largest absolute Gasteiger partial charge is 0.386 e. The minimum Gasteiger partial charge on any atom is -0.386 e. The Morgan fingerprint density at radius 3 is 2.96 bits per heavy atom. The maximum atomic E-state index is 12.0. The second-order valence-corrected chi connectivity index (χ2v) is 6.82. The van der Waals surface area contributed by atoms with Crippen molar-refractivity contribution in [2.75, 3.05) is 24.5 Å². The fourth-order valence-electron chi connectivity index (χ4n) is 2.61. The third kappa shape index (κ3) is 4.02. The number of hydrogen-bond acceptors (Lipinski definition) is 7. The number of aromatic nitrogens is 3. The first-order valence-electron chi connectivity index (χ1n) is 7.46. The van der Waals surface area contributed by atoms with Crippen molar-refractivity contribution < 1.29 is 9.90 Å². The number of nitrogens with zero attached hydrogens (tertiary/aromatic N) is 4. The van der Waals surface area contributed by atoms with E-state index in [2.05, 4.69) is 20.3 Å². The number of nitrogens with one attached hydrogen (secondary N) is 1. The normalized spacial score (nSPS) is 20.7. The Labute approximate surface area is 138 Å². The van der Waals surface area contributed by atoms with Gasteiger partial charge in [0.25, 0.3) is 0 Å². The predicted octanol–water partition coefficient (Wildman–Crippen LogP) is 0.542. The summed E-state index contributed by atoms with van der Waals surface area (Å²) in [4.78, 5) is 26.6. The number of rotatable bonds is 5. The van der Waals surface area contributed by atoms with Gasteiger partial charge in [0.2, 0.25) is 11.9 Å². The van der Waals surface area contributed by atoms with Gasteiger partial charge in [0.05, 0.1) is 23.7 Å². The van der Waals surface area contributed by atoms with Crippen molar-refractivity contribution in [2.45, 2.75) is 25.4 Å². The number of thiazole rings is 1. The van der Waals surface area contributed by atoms with Gasteiger partial charge in [0, 0.05) is 30.9 Å². The van der Waals surface area contributed by atoms with Crippen LogP contribution in [0.5, 0.6) is 0 Å². The molecule has 0 aromatic carbocycles. The van der Waals surface area contributed by atoms with E-state index in [1.807, 2.05) is 17.2 Å². The summed E-state index contributed by atoms with van der Waals surface area (Å²) in [6, 6.07) is 1.76. The summed E-state index contributed by atoms with van der Waals surface area (Å²) in [5.74, 6) is 0.478. The molecule has 1 saturated heterocycles. The van der Waals surface area contributed by atoms with Crippen LogP contribution in [0.15, 0.2) is 23.8 Å². The smallest absolute Gasteiger partial charge is 0.226 e. The quantitative estimate of drug-likeness (QED) is 0.830. The third-order valence-corrected chi connectivity index (χ3v) is 4.61. The second-order valence-electron chi connectivity index (χ2n) is 5.76. The molecule has 0 aliphatic carbocycles. The second kappa shape index (κ2) is 6.59. The molecule has 2 aromatic heterocycles. The molecule has 0 bridgehead atoms. The summed E-state index contributed by atoms with van der Waals surface area (Å²) in [6.07, 6.45) is 4.17. The van der Waals surface area contributed by atoms with Crippen molar-refractivity contribution in [1.82, 2.24) is 20.3 Å². The van der Waals surface area contributed by atoms with Gasteiger partial charge in [-0.3, -0.25) is 4.79 Å². The van der Waals surface area contributed by atoms with Crippen LogP contribution in [0.4, 0.5) is 5.95 Å². The van der Waals surface area contributed by atoms with E-state index >= 15 is 0 Å². The molecular formula is C15H19N5O2S. The highest BCUT2D eigenvalue weighted by atomic mass is 32.1. The van der Waals surface area contributed by atoms with Gasteiger partial charge in [-0.25, -0.2) is 15.0 Å². The molecule has 2 N–H and O–H groups in total. The van der Waals surface area contributed by atoms with Crippen molar-refractivity contribution in [2.24, 2.45) is 0 Å². The molecule has 7 nitrogen and oxygen atoms in total. The van der Waals surface area contributed by atoms with E-state index in [4.69, 9.17) is 0 Å². The standard InChI is InChI=1S/C15H19N5O2S/c1-11-19-12(8-23-11)7-13(21)18-9-15(22)3-6-20(10-15)14-16-4-2-5-17-14/h2,4-5,8,22H,3,6-7,9-10H2,1H3,(H,18,21)/t15-/m1/s1. The molecule has 0 unspecified atom stereocenters. The summed E-state index contributed by atoms with van der Waals surface area (Å²) in [5, 5.41) is 16.2. The molecular weight excluding hydrogens is 314 g/mol. The SMILES string of the molecule is Cc1nc(CC(=O)NC[C@]2(O)CCN(c3ncccn3)C2)cs1. The highest BCUT2D eigenvalue weighted by Gasteiger charge is 2.37. The van der Waals surface area contributed by atoms with Gasteiger partial charge in [-0.2, -0.15) is 0 Å². The zero-order valence-corrected chi connectivity index (χ0v) is 13.7. The topological polar surface area (TPSA) is 91.2 Å². The summed E-state index contributed by atoms with van der Waals surface area (Å²) in [6.45, 7) is 3.21. The van der Waals surface area contributed by atoms with E-state index < -0.39 is 5.60 Å². The maximum Gasteiger partial charge on any atom is 0.226 e. The average Bonchev–Trinajstić information content (AvgIpc) is 3.13. The number of β-amino-alcohol motifs (C(OH)–C–C–N with tert-alkyl or cyclic N) is 1. The lowest BCUT2D eigenvalue weighted by Crippen LogP contribution is -2.45. The molecule has 8 heteroatoms. The van der Waals surface area contributed by atoms with Crippen LogP contribution in [-0.2, 0) is 11.2 Å². The molecule has 3 rings (SSSR count). The minimum absolute atomic E-state index is 0.127. The number of aliphatic hydroxyl groups is 1. The Hall–Kier alpha value is -2.06. The maximum absolute atomic E-state index is 12.0. The number of aryl methyl sites for hydroxylation is 1. The van der Waals surface area contributed by atoms with E-state index in [-0.39, 0.29) is 18.9 Å². The molecule has 122 valence electrons. The van der Waals surface area contributed by atoms with Gasteiger partial charge in [0.15, 0.2) is 0 Å². The van der Waals surface area contributed by atoms with Gasteiger partial charge < -0.3 is 15.3 Å². The highest BCUT2D eigenvalue weighted by molar-refractivity contribution is 7.09. The van der Waals surface area contributed by atoms with E-state index in [9.17, 15) is 9.90 Å². The van der Waals surface area contributed by atoms with Crippen molar-refractivity contribution in [3.8, 4) is 0 Å². The Bertz CT molecular complexity index is 678. The number of anilines is 1. The molecule has 1 atom stereocenters. The monoisotopic (exact) mass is 333 g/mol. The summed E-state index contributed by atoms with van der Waals surface area (Å²) >= 11 is 1.53. The van der Waals surface area contributed by atoms with Gasteiger partial charge in [-0.15, -0.1) is 11.3 Å². The molecule has 1 amide bonds. The molecule has 2 aromatic rings. The Morgan fingerprint density at radius 1 is 1.48 bits per heavy atom. The van der Waals surface area contributed by atoms with Crippen LogP contribution >= 0.6 is 11.3 Å². The highest BCUT2D eigenvalue weighted by Crippen LogP contribution is 2.23. The Balaban J connectivity index is 1.51. The molecule has 1 aliphatic rings. The van der Waals surface area contributed by atoms with Crippen LogP contribution < -0.4 is 10.2 Å². The lowest BCUT2D eigenvalue weighted by Gasteiger charge is -2.23. The van der Waals surface area contributed by atoms with E-state index in [1.165, 1.54) is 11.3 Å². The number of hydrogen-bond donors (Lipinski definition) is 2. The number of carbonyl (C=O) groups is 1. The van der Waals surface area contributed by atoms with Crippen LogP contribution in [0.1, 0.15) is 17.1 Å². The van der Waals surface area contributed by atoms with Crippen LogP contribution in [0, 0.1) is 6.92 Å². The van der Waals surface area contributed by atoms with E-state index in [0.29, 0.717) is 25.5 Å². The Kier molecular flexibility index (Phi) is 4.53. The molecule has 23 heavy (non-hydrogen) atoms. The zero-order valence-electron chi connectivity index (χ0n) is 12.9. The van der Waals surface area contributed by atoms with Crippen LogP contribution in [0.3, 0.4) is 0 Å². The van der Waals surface area contributed by atoms with Crippen molar-refractivity contribution in [3.63, 3.8) is 0 Å². The van der Waals surface area contributed by atoms with Crippen molar-refractivity contribution in [3.05, 3.63) is 34.5 Å². The van der Waals surface area contributed by atoms with E-state index in [0.717, 1.165) is 10.7 Å². The summed E-state index contributed by atoms with van der Waals surface area (Å²) < 4.78 is 0. The van der Waals surface area contributed by atoms with Crippen molar-refractivity contribution in [1.29, 1.82) is 0 Å². The van der Waals surface area contributed by atoms with Gasteiger partial charge in [-0.1, -0.05) is 0 Å². The first kappa shape index (κ1) is 15.8. The fourth-order valence-corrected chi connectivity index (χ4v) is 3.22. The van der Waals surface area contributed by atoms with Crippen molar-refractivity contribution >= 4 is 23.2 Å². The first-order valence-corrected chi connectivity index (χ1v) is 8.34. The zero-order chi connectivity index (χ0) is 16.3. The average molecular weight is 333 g/mol. The third-order valence-electron chi connectivity index (χ3n) is 3.79. The minimum atomic E-state index is -0.952. The summed E-state index contributed by atoms with van der Waals surface area (Å²) in [7, 11) is 0. The van der Waals surface area contributed by atoms with Crippen LogP contribution in [-0.4, -0.2) is 51.2 Å². The van der Waals surface area contributed by atoms with Gasteiger partial charge >= 0.3 is 0 Å². The number of amides is 1. The molecule has 0 radical (unpaired) electrons. The molecule has 1 fully saturated rings. The number of carbonyl (C=O) groups excluding carboxylic acids is 1.